The SMILES string of the molecule is CCCCCCCCCCCCCCCCC1(CCCCCCCCCCCCCCCC)C2=CC3C(C=C2c2ccccc21)CCC3[Si](C)(C)N(C(C)(C)C)C(C)(C)C. The van der Waals surface area contributed by atoms with Gasteiger partial charge in [0, 0.05) is 16.5 Å². The molecule has 0 aromatic heterocycles. The van der Waals surface area contributed by atoms with Gasteiger partial charge in [-0.3, -0.25) is 0 Å². The molecule has 0 saturated heterocycles. The van der Waals surface area contributed by atoms with Crippen molar-refractivity contribution in [2.75, 3.05) is 0 Å². The number of hydrogen-bond donors (Lipinski definition) is 0. The first-order chi connectivity index (χ1) is 28.8. The molecule has 3 unspecified atom stereocenters. The van der Waals surface area contributed by atoms with E-state index in [1.54, 1.807) is 22.3 Å². The fraction of sp³-hybridized carbons (Fsp3) is 0.828. The smallest absolute Gasteiger partial charge is 0.126 e. The Morgan fingerprint density at radius 3 is 1.30 bits per heavy atom. The van der Waals surface area contributed by atoms with E-state index in [0.29, 0.717) is 11.8 Å². The van der Waals surface area contributed by atoms with Gasteiger partial charge in [0.1, 0.15) is 8.24 Å². The van der Waals surface area contributed by atoms with Crippen LogP contribution in [0, 0.1) is 11.8 Å². The lowest BCUT2D eigenvalue weighted by atomic mass is 9.68. The minimum absolute atomic E-state index is 0.171. The summed E-state index contributed by atoms with van der Waals surface area (Å²) >= 11 is 0. The van der Waals surface area contributed by atoms with Gasteiger partial charge in [-0.2, -0.15) is 0 Å². The maximum atomic E-state index is 3.03. The fourth-order valence-corrected chi connectivity index (χ4v) is 19.6. The summed E-state index contributed by atoms with van der Waals surface area (Å²) in [4.78, 5) is 0. The van der Waals surface area contributed by atoms with Crippen LogP contribution in [0.15, 0.2) is 42.0 Å². The number of hydrogen-bond acceptors (Lipinski definition) is 1. The van der Waals surface area contributed by atoms with Crippen LogP contribution in [0.3, 0.4) is 0 Å². The Morgan fingerprint density at radius 1 is 0.517 bits per heavy atom. The molecule has 0 heterocycles. The van der Waals surface area contributed by atoms with Gasteiger partial charge in [-0.1, -0.05) is 250 Å². The Bertz CT molecular complexity index is 1340. The minimum Gasteiger partial charge on any atom is -0.314 e. The monoisotopic (exact) mass is 842 g/mol. The van der Waals surface area contributed by atoms with Crippen LogP contribution in [0.2, 0.25) is 18.6 Å². The normalized spacial score (nSPS) is 20.0. The van der Waals surface area contributed by atoms with Crippen molar-refractivity contribution in [2.24, 2.45) is 11.8 Å². The van der Waals surface area contributed by atoms with Gasteiger partial charge in [0.25, 0.3) is 0 Å². The molecule has 1 fully saturated rings. The van der Waals surface area contributed by atoms with Gasteiger partial charge in [0.2, 0.25) is 0 Å². The van der Waals surface area contributed by atoms with Gasteiger partial charge in [-0.25, -0.2) is 0 Å². The Kier molecular flexibility index (Phi) is 22.3. The van der Waals surface area contributed by atoms with Gasteiger partial charge in [0.05, 0.1) is 0 Å². The van der Waals surface area contributed by atoms with E-state index >= 15 is 0 Å². The number of fused-ring (bicyclic) bond motifs is 4. The summed E-state index contributed by atoms with van der Waals surface area (Å²) in [6, 6.07) is 9.82. The number of allylic oxidation sites excluding steroid dienone is 4. The third kappa shape index (κ3) is 15.0. The van der Waals surface area contributed by atoms with E-state index in [1.807, 2.05) is 0 Å². The van der Waals surface area contributed by atoms with Crippen molar-refractivity contribution in [3.8, 4) is 0 Å². The summed E-state index contributed by atoms with van der Waals surface area (Å²) < 4.78 is 3.03. The van der Waals surface area contributed by atoms with Crippen molar-refractivity contribution in [2.45, 2.75) is 296 Å². The maximum absolute atomic E-state index is 3.03. The van der Waals surface area contributed by atoms with E-state index in [-0.39, 0.29) is 16.5 Å². The van der Waals surface area contributed by atoms with Crippen molar-refractivity contribution < 1.29 is 0 Å². The molecule has 0 bridgehead atoms. The van der Waals surface area contributed by atoms with E-state index in [1.165, 1.54) is 205 Å². The van der Waals surface area contributed by atoms with Crippen molar-refractivity contribution >= 4 is 13.8 Å². The lowest BCUT2D eigenvalue weighted by Gasteiger charge is -2.57. The lowest BCUT2D eigenvalue weighted by Crippen LogP contribution is -2.67. The fourth-order valence-electron chi connectivity index (χ4n) is 13.6. The molecular weight excluding hydrogens is 739 g/mol. The first-order valence-electron chi connectivity index (χ1n) is 27.1. The Hall–Kier alpha value is -1.12. The van der Waals surface area contributed by atoms with Crippen LogP contribution in [-0.2, 0) is 5.41 Å². The second kappa shape index (κ2) is 26.0. The van der Waals surface area contributed by atoms with E-state index < -0.39 is 8.24 Å². The largest absolute Gasteiger partial charge is 0.314 e. The predicted molar refractivity (Wildman–Crippen MR) is 273 cm³/mol. The Morgan fingerprint density at radius 2 is 0.900 bits per heavy atom. The standard InChI is InChI=1S/C58H103NSi/c1-11-13-15-17-19-21-23-25-27-29-31-33-35-39-45-58(46-40-36-34-32-30-28-26-24-22-20-18-16-14-12-2)53-42-38-37-41-50(53)52-47-49-43-44-55(51(49)48-54(52)58)60(9,10)59(56(3,4)5)57(6,7)8/h37-38,41-42,47-49,51,55H,11-36,39-40,43-46H2,1-10H3. The van der Waals surface area contributed by atoms with Crippen molar-refractivity contribution in [1.82, 2.24) is 4.57 Å². The van der Waals surface area contributed by atoms with Gasteiger partial charge in [0.15, 0.2) is 0 Å². The van der Waals surface area contributed by atoms with E-state index in [0.717, 1.165) is 5.54 Å². The molecule has 4 rings (SSSR count). The lowest BCUT2D eigenvalue weighted by molar-refractivity contribution is 0.122. The molecule has 60 heavy (non-hydrogen) atoms. The van der Waals surface area contributed by atoms with Crippen LogP contribution in [0.4, 0.5) is 0 Å². The van der Waals surface area contributed by atoms with E-state index in [2.05, 4.69) is 109 Å². The molecule has 1 nitrogen and oxygen atoms in total. The zero-order chi connectivity index (χ0) is 43.5. The number of benzene rings is 1. The zero-order valence-electron chi connectivity index (χ0n) is 42.3. The summed E-state index contributed by atoms with van der Waals surface area (Å²) in [5, 5.41) is 0. The van der Waals surface area contributed by atoms with Gasteiger partial charge in [-0.15, -0.1) is 0 Å². The Balaban J connectivity index is 1.42. The molecule has 3 aliphatic carbocycles. The van der Waals surface area contributed by atoms with Gasteiger partial charge >= 0.3 is 0 Å². The highest BCUT2D eigenvalue weighted by Gasteiger charge is 2.55. The quantitative estimate of drug-likeness (QED) is 0.0516. The highest BCUT2D eigenvalue weighted by molar-refractivity contribution is 6.76. The van der Waals surface area contributed by atoms with Crippen LogP contribution >= 0.6 is 0 Å². The number of nitrogens with zero attached hydrogens (tertiary/aromatic N) is 1. The highest BCUT2D eigenvalue weighted by atomic mass is 28.3. The van der Waals surface area contributed by atoms with Crippen LogP contribution in [-0.4, -0.2) is 23.9 Å². The van der Waals surface area contributed by atoms with Crippen LogP contribution in [0.5, 0.6) is 0 Å². The van der Waals surface area contributed by atoms with Crippen LogP contribution in [0.25, 0.3) is 5.57 Å². The summed E-state index contributed by atoms with van der Waals surface area (Å²) in [6.07, 6.45) is 51.5. The van der Waals surface area contributed by atoms with Crippen molar-refractivity contribution in [3.05, 3.63) is 53.1 Å². The summed E-state index contributed by atoms with van der Waals surface area (Å²) in [5.74, 6) is 1.40. The number of unbranched alkanes of at least 4 members (excludes halogenated alkanes) is 26. The maximum Gasteiger partial charge on any atom is 0.126 e. The molecular formula is C58H103NSi. The Labute approximate surface area is 377 Å². The highest BCUT2D eigenvalue weighted by Crippen LogP contribution is 2.62. The second-order valence-corrected chi connectivity index (χ2v) is 27.7. The molecule has 3 aliphatic rings. The summed E-state index contributed by atoms with van der Waals surface area (Å²) in [5.41, 5.74) is 8.09. The summed E-state index contributed by atoms with van der Waals surface area (Å²) in [6.45, 7) is 25.1. The first kappa shape index (κ1) is 51.5. The first-order valence-corrected chi connectivity index (χ1v) is 30.2. The average molecular weight is 843 g/mol. The van der Waals surface area contributed by atoms with Crippen LogP contribution < -0.4 is 0 Å². The molecule has 0 radical (unpaired) electrons. The average Bonchev–Trinajstić information content (AvgIpc) is 3.73. The second-order valence-electron chi connectivity index (χ2n) is 23.2. The number of rotatable bonds is 32. The van der Waals surface area contributed by atoms with Crippen molar-refractivity contribution in [3.63, 3.8) is 0 Å². The molecule has 1 saturated carbocycles. The molecule has 0 spiro atoms. The van der Waals surface area contributed by atoms with Gasteiger partial charge in [-0.05, 0) is 100 Å². The molecule has 3 atom stereocenters. The van der Waals surface area contributed by atoms with Crippen LogP contribution in [0.1, 0.15) is 272 Å². The third-order valence-electron chi connectivity index (χ3n) is 15.8. The third-order valence-corrected chi connectivity index (χ3v) is 20.8. The zero-order valence-corrected chi connectivity index (χ0v) is 43.3. The van der Waals surface area contributed by atoms with Gasteiger partial charge < -0.3 is 4.57 Å². The molecule has 2 heteroatoms. The molecule has 0 aliphatic heterocycles. The van der Waals surface area contributed by atoms with E-state index in [9.17, 15) is 0 Å². The molecule has 1 aromatic carbocycles. The molecule has 0 N–H and O–H groups in total. The van der Waals surface area contributed by atoms with Crippen molar-refractivity contribution in [1.29, 1.82) is 0 Å². The molecule has 1 aromatic rings. The predicted octanol–water partition coefficient (Wildman–Crippen LogP) is 19.5. The topological polar surface area (TPSA) is 3.24 Å². The minimum atomic E-state index is -1.81. The molecule has 0 amide bonds. The molecule has 344 valence electrons. The summed E-state index contributed by atoms with van der Waals surface area (Å²) in [7, 11) is -1.81. The van der Waals surface area contributed by atoms with E-state index in [4.69, 9.17) is 0 Å².